The first kappa shape index (κ1) is 14.3. The molecule has 0 aliphatic carbocycles. The lowest BCUT2D eigenvalue weighted by atomic mass is 10.2. The predicted octanol–water partition coefficient (Wildman–Crippen LogP) is 4.31. The summed E-state index contributed by atoms with van der Waals surface area (Å²) in [4.78, 5) is 4.46. The van der Waals surface area contributed by atoms with Crippen LogP contribution in [0.25, 0.3) is 10.2 Å². The number of para-hydroxylation sites is 1. The standard InChI is InChI=1S/C17H15N3OS/c1-2-11-21-14-9-7-13(8-10-14)12-18-20-17-19-15-5-3-4-6-16(15)22-17/h2-10,12H,1,11H2,(H,19,20). The highest BCUT2D eigenvalue weighted by atomic mass is 32.1. The van der Waals surface area contributed by atoms with Crippen molar-refractivity contribution in [1.82, 2.24) is 4.98 Å². The molecule has 22 heavy (non-hydrogen) atoms. The molecule has 0 radical (unpaired) electrons. The van der Waals surface area contributed by atoms with Crippen molar-refractivity contribution in [1.29, 1.82) is 0 Å². The zero-order valence-corrected chi connectivity index (χ0v) is 12.7. The first-order valence-corrected chi connectivity index (χ1v) is 7.65. The van der Waals surface area contributed by atoms with Gasteiger partial charge in [-0.05, 0) is 42.0 Å². The zero-order chi connectivity index (χ0) is 15.2. The maximum absolute atomic E-state index is 5.43. The van der Waals surface area contributed by atoms with Gasteiger partial charge in [0.05, 0.1) is 16.4 Å². The second-order valence-electron chi connectivity index (χ2n) is 4.53. The second kappa shape index (κ2) is 6.87. The average Bonchev–Trinajstić information content (AvgIpc) is 2.97. The Morgan fingerprint density at radius 2 is 2.00 bits per heavy atom. The van der Waals surface area contributed by atoms with E-state index in [9.17, 15) is 0 Å². The van der Waals surface area contributed by atoms with Gasteiger partial charge in [0.2, 0.25) is 5.13 Å². The topological polar surface area (TPSA) is 46.5 Å². The van der Waals surface area contributed by atoms with E-state index in [1.165, 1.54) is 0 Å². The van der Waals surface area contributed by atoms with Gasteiger partial charge in [-0.3, -0.25) is 5.43 Å². The van der Waals surface area contributed by atoms with Gasteiger partial charge in [0.1, 0.15) is 12.4 Å². The van der Waals surface area contributed by atoms with E-state index in [0.29, 0.717) is 6.61 Å². The molecular weight excluding hydrogens is 294 g/mol. The summed E-state index contributed by atoms with van der Waals surface area (Å²) in [6, 6.07) is 15.7. The number of nitrogens with one attached hydrogen (secondary N) is 1. The number of fused-ring (bicyclic) bond motifs is 1. The van der Waals surface area contributed by atoms with Gasteiger partial charge in [-0.25, -0.2) is 4.98 Å². The molecule has 0 unspecified atom stereocenters. The van der Waals surface area contributed by atoms with Crippen LogP contribution < -0.4 is 10.2 Å². The summed E-state index contributed by atoms with van der Waals surface area (Å²) < 4.78 is 6.57. The molecular formula is C17H15N3OS. The summed E-state index contributed by atoms with van der Waals surface area (Å²) >= 11 is 1.58. The molecule has 4 nitrogen and oxygen atoms in total. The minimum atomic E-state index is 0.507. The van der Waals surface area contributed by atoms with Crippen molar-refractivity contribution >= 4 is 32.9 Å². The van der Waals surface area contributed by atoms with Crippen molar-refractivity contribution in [2.24, 2.45) is 5.10 Å². The van der Waals surface area contributed by atoms with Crippen LogP contribution in [0.4, 0.5) is 5.13 Å². The van der Waals surface area contributed by atoms with Gasteiger partial charge in [0.25, 0.3) is 0 Å². The van der Waals surface area contributed by atoms with Crippen LogP contribution in [0.3, 0.4) is 0 Å². The number of hydrazone groups is 1. The molecule has 3 aromatic rings. The molecule has 0 aliphatic rings. The summed E-state index contributed by atoms with van der Waals surface area (Å²) in [5.74, 6) is 0.816. The van der Waals surface area contributed by atoms with E-state index in [1.807, 2.05) is 48.5 Å². The maximum atomic E-state index is 5.43. The number of benzene rings is 2. The lowest BCUT2D eigenvalue weighted by Gasteiger charge is -2.02. The van der Waals surface area contributed by atoms with E-state index in [2.05, 4.69) is 22.1 Å². The first-order chi connectivity index (χ1) is 10.8. The summed E-state index contributed by atoms with van der Waals surface area (Å²) in [5.41, 5.74) is 4.93. The van der Waals surface area contributed by atoms with Crippen molar-refractivity contribution in [2.75, 3.05) is 12.0 Å². The third kappa shape index (κ3) is 3.51. The van der Waals surface area contributed by atoms with Crippen molar-refractivity contribution in [2.45, 2.75) is 0 Å². The number of thiazole rings is 1. The van der Waals surface area contributed by atoms with E-state index in [0.717, 1.165) is 26.7 Å². The molecule has 0 aliphatic heterocycles. The molecule has 2 aromatic carbocycles. The third-order valence-electron chi connectivity index (χ3n) is 2.92. The Morgan fingerprint density at radius 3 is 2.77 bits per heavy atom. The van der Waals surface area contributed by atoms with Crippen LogP contribution in [0.5, 0.6) is 5.75 Å². The Bertz CT molecular complexity index is 760. The van der Waals surface area contributed by atoms with Crippen LogP contribution in [0.2, 0.25) is 0 Å². The molecule has 110 valence electrons. The number of anilines is 1. The Balaban J connectivity index is 1.62. The Labute approximate surface area is 132 Å². The summed E-state index contributed by atoms with van der Waals surface area (Å²) in [6.07, 6.45) is 3.47. The molecule has 0 bridgehead atoms. The fourth-order valence-electron chi connectivity index (χ4n) is 1.89. The van der Waals surface area contributed by atoms with Gasteiger partial charge in [-0.1, -0.05) is 36.1 Å². The lowest BCUT2D eigenvalue weighted by molar-refractivity contribution is 0.363. The van der Waals surface area contributed by atoms with Crippen LogP contribution >= 0.6 is 11.3 Å². The molecule has 1 heterocycles. The van der Waals surface area contributed by atoms with Crippen LogP contribution in [0.15, 0.2) is 66.3 Å². The number of nitrogens with zero attached hydrogens (tertiary/aromatic N) is 2. The smallest absolute Gasteiger partial charge is 0.204 e. The number of rotatable bonds is 6. The van der Waals surface area contributed by atoms with E-state index >= 15 is 0 Å². The van der Waals surface area contributed by atoms with E-state index in [4.69, 9.17) is 4.74 Å². The van der Waals surface area contributed by atoms with Gasteiger partial charge in [-0.2, -0.15) is 5.10 Å². The fourth-order valence-corrected chi connectivity index (χ4v) is 2.70. The largest absolute Gasteiger partial charge is 0.490 e. The zero-order valence-electron chi connectivity index (χ0n) is 11.9. The van der Waals surface area contributed by atoms with Gasteiger partial charge in [0, 0.05) is 0 Å². The van der Waals surface area contributed by atoms with Crippen molar-refractivity contribution < 1.29 is 4.74 Å². The van der Waals surface area contributed by atoms with E-state index in [1.54, 1.807) is 23.6 Å². The number of aromatic nitrogens is 1. The van der Waals surface area contributed by atoms with Gasteiger partial charge in [0.15, 0.2) is 0 Å². The highest BCUT2D eigenvalue weighted by Crippen LogP contribution is 2.25. The van der Waals surface area contributed by atoms with Crippen LogP contribution in [0.1, 0.15) is 5.56 Å². The number of hydrogen-bond donors (Lipinski definition) is 1. The molecule has 0 atom stereocenters. The molecule has 0 saturated carbocycles. The lowest BCUT2D eigenvalue weighted by Crippen LogP contribution is -1.93. The molecule has 1 aromatic heterocycles. The highest BCUT2D eigenvalue weighted by Gasteiger charge is 2.00. The monoisotopic (exact) mass is 309 g/mol. The van der Waals surface area contributed by atoms with Crippen LogP contribution in [-0.2, 0) is 0 Å². The maximum Gasteiger partial charge on any atom is 0.204 e. The number of hydrogen-bond acceptors (Lipinski definition) is 5. The normalized spacial score (nSPS) is 10.9. The predicted molar refractivity (Wildman–Crippen MR) is 93.0 cm³/mol. The van der Waals surface area contributed by atoms with Gasteiger partial charge in [-0.15, -0.1) is 0 Å². The van der Waals surface area contributed by atoms with E-state index < -0.39 is 0 Å². The third-order valence-corrected chi connectivity index (χ3v) is 3.86. The molecule has 5 heteroatoms. The van der Waals surface area contributed by atoms with Crippen molar-refractivity contribution in [3.8, 4) is 5.75 Å². The second-order valence-corrected chi connectivity index (χ2v) is 5.56. The fraction of sp³-hybridized carbons (Fsp3) is 0.0588. The van der Waals surface area contributed by atoms with E-state index in [-0.39, 0.29) is 0 Å². The van der Waals surface area contributed by atoms with Crippen molar-refractivity contribution in [3.05, 3.63) is 66.7 Å². The van der Waals surface area contributed by atoms with Gasteiger partial charge < -0.3 is 4.74 Å². The Morgan fingerprint density at radius 1 is 1.18 bits per heavy atom. The van der Waals surface area contributed by atoms with Gasteiger partial charge >= 0.3 is 0 Å². The highest BCUT2D eigenvalue weighted by molar-refractivity contribution is 7.22. The summed E-state index contributed by atoms with van der Waals surface area (Å²) in [6.45, 7) is 4.13. The Kier molecular flexibility index (Phi) is 4.46. The molecule has 0 spiro atoms. The molecule has 1 N–H and O–H groups in total. The SMILES string of the molecule is C=CCOc1ccc(C=NNc2nc3ccccc3s2)cc1. The average molecular weight is 309 g/mol. The minimum absolute atomic E-state index is 0.507. The summed E-state index contributed by atoms with van der Waals surface area (Å²) in [5, 5.41) is 5.00. The molecule has 3 rings (SSSR count). The quantitative estimate of drug-likeness (QED) is 0.419. The van der Waals surface area contributed by atoms with Crippen LogP contribution in [-0.4, -0.2) is 17.8 Å². The summed E-state index contributed by atoms with van der Waals surface area (Å²) in [7, 11) is 0. The van der Waals surface area contributed by atoms with Crippen molar-refractivity contribution in [3.63, 3.8) is 0 Å². The Hall–Kier alpha value is -2.66. The first-order valence-electron chi connectivity index (χ1n) is 6.83. The molecule has 0 amide bonds. The minimum Gasteiger partial charge on any atom is -0.490 e. The molecule has 0 fully saturated rings. The molecule has 0 saturated heterocycles. The number of ether oxygens (including phenoxy) is 1. The van der Waals surface area contributed by atoms with Crippen LogP contribution in [0, 0.1) is 0 Å².